The molecule has 0 aliphatic rings. The van der Waals surface area contributed by atoms with Crippen LogP contribution in [0.4, 0.5) is 10.1 Å². The summed E-state index contributed by atoms with van der Waals surface area (Å²) in [5.74, 6) is -0.968. The summed E-state index contributed by atoms with van der Waals surface area (Å²) in [5, 5.41) is 11.7. The normalized spacial score (nSPS) is 10.6. The first-order valence-corrected chi connectivity index (χ1v) is 9.10. The number of para-hydroxylation sites is 1. The number of anilines is 1. The van der Waals surface area contributed by atoms with Gasteiger partial charge in [-0.2, -0.15) is 0 Å². The van der Waals surface area contributed by atoms with E-state index < -0.39 is 17.6 Å². The van der Waals surface area contributed by atoms with Crippen LogP contribution in [0.25, 0.3) is 6.08 Å². The average Bonchev–Trinajstić information content (AvgIpc) is 2.75. The topological polar surface area (TPSA) is 87.7 Å². The van der Waals surface area contributed by atoms with E-state index >= 15 is 0 Å². The number of carbonyl (C=O) groups excluding carboxylic acids is 2. The second-order valence-electron chi connectivity index (χ2n) is 6.02. The summed E-state index contributed by atoms with van der Waals surface area (Å²) in [6.45, 7) is 0. The molecule has 0 saturated carbocycles. The highest BCUT2D eigenvalue weighted by molar-refractivity contribution is 6.32. The molecule has 0 heterocycles. The van der Waals surface area contributed by atoms with Crippen LogP contribution in [0.15, 0.2) is 72.8 Å². The highest BCUT2D eigenvalue weighted by Crippen LogP contribution is 2.29. The molecule has 0 aliphatic heterocycles. The molecule has 0 spiro atoms. The summed E-state index contributed by atoms with van der Waals surface area (Å²) < 4.78 is 18.8. The van der Waals surface area contributed by atoms with Crippen LogP contribution in [0.1, 0.15) is 15.9 Å². The fourth-order valence-corrected chi connectivity index (χ4v) is 2.81. The van der Waals surface area contributed by atoms with Gasteiger partial charge < -0.3 is 10.1 Å². The van der Waals surface area contributed by atoms with E-state index in [-0.39, 0.29) is 11.3 Å². The summed E-state index contributed by atoms with van der Waals surface area (Å²) in [7, 11) is 0. The monoisotopic (exact) mass is 426 g/mol. The molecule has 3 rings (SSSR count). The molecule has 3 N–H and O–H groups in total. The summed E-state index contributed by atoms with van der Waals surface area (Å²) in [6, 6.07) is 16.8. The van der Waals surface area contributed by atoms with Gasteiger partial charge in [0.1, 0.15) is 17.3 Å². The van der Waals surface area contributed by atoms with E-state index in [2.05, 4.69) is 5.32 Å². The zero-order valence-electron chi connectivity index (χ0n) is 15.4. The standard InChI is InChI=1S/C22H16ClFN2O4/c23-18-5-3-6-19(16(18)12-13-21(27)26-29)25-22(28)17-4-1-2-7-20(17)30-15-10-8-14(24)9-11-15/h1-13,29H,(H,25,28)(H,26,27). The Hall–Kier alpha value is -3.68. The third kappa shape index (κ3) is 5.22. The molecule has 0 atom stereocenters. The van der Waals surface area contributed by atoms with E-state index in [0.717, 1.165) is 6.08 Å². The molecule has 30 heavy (non-hydrogen) atoms. The van der Waals surface area contributed by atoms with Crippen LogP contribution < -0.4 is 15.5 Å². The predicted molar refractivity (Wildman–Crippen MR) is 111 cm³/mol. The van der Waals surface area contributed by atoms with Crippen molar-refractivity contribution in [1.82, 2.24) is 5.48 Å². The molecule has 3 aromatic carbocycles. The van der Waals surface area contributed by atoms with E-state index in [1.165, 1.54) is 35.8 Å². The number of ether oxygens (including phenoxy) is 1. The molecule has 6 nitrogen and oxygen atoms in total. The van der Waals surface area contributed by atoms with Gasteiger partial charge >= 0.3 is 0 Å². The number of amides is 2. The highest BCUT2D eigenvalue weighted by Gasteiger charge is 2.15. The maximum Gasteiger partial charge on any atom is 0.267 e. The predicted octanol–water partition coefficient (Wildman–Crippen LogP) is 5.04. The molecular weight excluding hydrogens is 411 g/mol. The highest BCUT2D eigenvalue weighted by atomic mass is 35.5. The minimum Gasteiger partial charge on any atom is -0.457 e. The van der Waals surface area contributed by atoms with Gasteiger partial charge in [0.05, 0.1) is 5.56 Å². The summed E-state index contributed by atoms with van der Waals surface area (Å²) in [5.41, 5.74) is 2.45. The Labute approximate surface area is 176 Å². The maximum atomic E-state index is 13.1. The van der Waals surface area contributed by atoms with E-state index in [1.54, 1.807) is 42.5 Å². The van der Waals surface area contributed by atoms with Crippen molar-refractivity contribution < 1.29 is 23.9 Å². The number of nitrogens with one attached hydrogen (secondary N) is 2. The van der Waals surface area contributed by atoms with Crippen LogP contribution in [-0.2, 0) is 4.79 Å². The summed E-state index contributed by atoms with van der Waals surface area (Å²) in [6.07, 6.45) is 2.44. The lowest BCUT2D eigenvalue weighted by Crippen LogP contribution is -2.15. The van der Waals surface area contributed by atoms with Crippen molar-refractivity contribution in [3.8, 4) is 11.5 Å². The lowest BCUT2D eigenvalue weighted by molar-refractivity contribution is -0.124. The molecule has 8 heteroatoms. The van der Waals surface area contributed by atoms with Crippen LogP contribution in [0.5, 0.6) is 11.5 Å². The fraction of sp³-hybridized carbons (Fsp3) is 0. The van der Waals surface area contributed by atoms with Crippen molar-refractivity contribution >= 4 is 35.2 Å². The fourth-order valence-electron chi connectivity index (χ4n) is 2.57. The lowest BCUT2D eigenvalue weighted by atomic mass is 10.1. The molecule has 0 aromatic heterocycles. The number of hydroxylamine groups is 1. The Morgan fingerprint density at radius 3 is 2.47 bits per heavy atom. The SMILES string of the molecule is O=C(C=Cc1c(Cl)cccc1NC(=O)c1ccccc1Oc1ccc(F)cc1)NO. The van der Waals surface area contributed by atoms with E-state index in [1.807, 2.05) is 0 Å². The Morgan fingerprint density at radius 1 is 1.00 bits per heavy atom. The Kier molecular flexibility index (Phi) is 6.79. The minimum atomic E-state index is -0.745. The van der Waals surface area contributed by atoms with Crippen molar-refractivity contribution in [3.05, 3.63) is 94.8 Å². The van der Waals surface area contributed by atoms with Crippen molar-refractivity contribution in [1.29, 1.82) is 0 Å². The second kappa shape index (κ2) is 9.69. The zero-order valence-corrected chi connectivity index (χ0v) is 16.2. The van der Waals surface area contributed by atoms with Crippen molar-refractivity contribution in [2.24, 2.45) is 0 Å². The molecular formula is C22H16ClFN2O4. The van der Waals surface area contributed by atoms with Gasteiger partial charge in [-0.1, -0.05) is 29.8 Å². The second-order valence-corrected chi connectivity index (χ2v) is 6.42. The van der Waals surface area contributed by atoms with Crippen LogP contribution >= 0.6 is 11.6 Å². The number of hydrogen-bond acceptors (Lipinski definition) is 4. The van der Waals surface area contributed by atoms with Crippen molar-refractivity contribution in [2.45, 2.75) is 0 Å². The molecule has 0 bridgehead atoms. The molecule has 2 amide bonds. The minimum absolute atomic E-state index is 0.241. The molecule has 152 valence electrons. The number of rotatable bonds is 6. The van der Waals surface area contributed by atoms with Gasteiger partial charge in [-0.15, -0.1) is 0 Å². The van der Waals surface area contributed by atoms with Crippen LogP contribution in [0.2, 0.25) is 5.02 Å². The molecule has 0 radical (unpaired) electrons. The first kappa shape index (κ1) is 21.0. The molecule has 0 fully saturated rings. The van der Waals surface area contributed by atoms with Gasteiger partial charge in [0.15, 0.2) is 0 Å². The maximum absolute atomic E-state index is 13.1. The molecule has 3 aromatic rings. The van der Waals surface area contributed by atoms with Crippen molar-refractivity contribution in [2.75, 3.05) is 5.32 Å². The Bertz CT molecular complexity index is 1100. The smallest absolute Gasteiger partial charge is 0.267 e. The molecule has 0 unspecified atom stereocenters. The van der Waals surface area contributed by atoms with Crippen LogP contribution in [0, 0.1) is 5.82 Å². The molecule has 0 saturated heterocycles. The quantitative estimate of drug-likeness (QED) is 0.292. The molecule has 0 aliphatic carbocycles. The van der Waals surface area contributed by atoms with Crippen LogP contribution in [0.3, 0.4) is 0 Å². The van der Waals surface area contributed by atoms with E-state index in [4.69, 9.17) is 21.5 Å². The number of carbonyl (C=O) groups is 2. The van der Waals surface area contributed by atoms with Gasteiger partial charge in [0, 0.05) is 22.3 Å². The lowest BCUT2D eigenvalue weighted by Gasteiger charge is -2.13. The van der Waals surface area contributed by atoms with E-state index in [0.29, 0.717) is 22.0 Å². The first-order valence-electron chi connectivity index (χ1n) is 8.72. The first-order chi connectivity index (χ1) is 14.5. The average molecular weight is 427 g/mol. The Balaban J connectivity index is 1.87. The number of halogens is 2. The third-order valence-corrected chi connectivity index (χ3v) is 4.32. The zero-order chi connectivity index (χ0) is 21.5. The Morgan fingerprint density at radius 2 is 1.73 bits per heavy atom. The van der Waals surface area contributed by atoms with E-state index in [9.17, 15) is 14.0 Å². The third-order valence-electron chi connectivity index (χ3n) is 3.99. The van der Waals surface area contributed by atoms with Gasteiger partial charge in [-0.05, 0) is 54.6 Å². The van der Waals surface area contributed by atoms with Gasteiger partial charge in [-0.3, -0.25) is 14.8 Å². The largest absolute Gasteiger partial charge is 0.457 e. The van der Waals surface area contributed by atoms with Crippen molar-refractivity contribution in [3.63, 3.8) is 0 Å². The van der Waals surface area contributed by atoms with Crippen LogP contribution in [-0.4, -0.2) is 17.0 Å². The van der Waals surface area contributed by atoms with Gasteiger partial charge in [-0.25, -0.2) is 9.87 Å². The number of benzene rings is 3. The van der Waals surface area contributed by atoms with Gasteiger partial charge in [0.25, 0.3) is 11.8 Å². The summed E-state index contributed by atoms with van der Waals surface area (Å²) >= 11 is 6.18. The summed E-state index contributed by atoms with van der Waals surface area (Å²) in [4.78, 5) is 24.2. The number of hydrogen-bond donors (Lipinski definition) is 3. The van der Waals surface area contributed by atoms with Gasteiger partial charge in [0.2, 0.25) is 0 Å².